The molecule has 1 saturated heterocycles. The van der Waals surface area contributed by atoms with Crippen LogP contribution in [0, 0.1) is 20.8 Å². The summed E-state index contributed by atoms with van der Waals surface area (Å²) < 4.78 is 5.43. The second kappa shape index (κ2) is 8.21. The summed E-state index contributed by atoms with van der Waals surface area (Å²) in [4.78, 5) is 23.5. The number of anilines is 1. The van der Waals surface area contributed by atoms with Crippen LogP contribution >= 0.6 is 0 Å². The lowest BCUT2D eigenvalue weighted by molar-refractivity contribution is 0.304. The van der Waals surface area contributed by atoms with Crippen molar-refractivity contribution in [1.29, 1.82) is 0 Å². The van der Waals surface area contributed by atoms with Gasteiger partial charge in [0.25, 0.3) is 0 Å². The van der Waals surface area contributed by atoms with Crippen molar-refractivity contribution in [3.63, 3.8) is 0 Å². The fourth-order valence-electron chi connectivity index (χ4n) is 5.23. The molecular formula is C26H32N6O. The summed E-state index contributed by atoms with van der Waals surface area (Å²) in [6.45, 7) is 10.4. The van der Waals surface area contributed by atoms with Gasteiger partial charge in [-0.2, -0.15) is 0 Å². The maximum Gasteiger partial charge on any atom is 0.143 e. The molecule has 172 valence electrons. The number of methoxy groups -OCH3 is 1. The number of hydrogen-bond donors (Lipinski definition) is 2. The van der Waals surface area contributed by atoms with Gasteiger partial charge in [0, 0.05) is 35.5 Å². The summed E-state index contributed by atoms with van der Waals surface area (Å²) in [7, 11) is 1.71. The van der Waals surface area contributed by atoms with E-state index in [1.807, 2.05) is 6.07 Å². The van der Waals surface area contributed by atoms with E-state index in [0.717, 1.165) is 89.0 Å². The van der Waals surface area contributed by atoms with Crippen molar-refractivity contribution in [3.8, 4) is 17.0 Å². The zero-order chi connectivity index (χ0) is 23.2. The molecule has 4 heterocycles. The van der Waals surface area contributed by atoms with Crippen LogP contribution in [-0.2, 0) is 5.41 Å². The first-order valence-electron chi connectivity index (χ1n) is 11.7. The molecule has 3 aromatic heterocycles. The van der Waals surface area contributed by atoms with E-state index in [1.165, 1.54) is 0 Å². The Kier molecular flexibility index (Phi) is 5.35. The minimum absolute atomic E-state index is 0.0429. The largest absolute Gasteiger partial charge is 0.496 e. The smallest absolute Gasteiger partial charge is 0.143 e. The monoisotopic (exact) mass is 444 g/mol. The highest BCUT2D eigenvalue weighted by molar-refractivity contribution is 5.88. The van der Waals surface area contributed by atoms with Crippen LogP contribution in [0.5, 0.6) is 5.75 Å². The number of hydrogen-bond acceptors (Lipinski definition) is 5. The molecular weight excluding hydrogens is 412 g/mol. The molecule has 0 unspecified atom stereocenters. The summed E-state index contributed by atoms with van der Waals surface area (Å²) in [5.41, 5.74) is 6.46. The molecule has 5 rings (SSSR count). The third-order valence-corrected chi connectivity index (χ3v) is 7.29. The molecule has 0 bridgehead atoms. The van der Waals surface area contributed by atoms with Crippen LogP contribution in [0.3, 0.4) is 0 Å². The Labute approximate surface area is 194 Å². The van der Waals surface area contributed by atoms with E-state index in [-0.39, 0.29) is 5.41 Å². The number of fused-ring (bicyclic) bond motifs is 1. The molecule has 0 radical (unpaired) electrons. The molecule has 0 saturated carbocycles. The average Bonchev–Trinajstić information content (AvgIpc) is 3.41. The summed E-state index contributed by atoms with van der Waals surface area (Å²) in [5.74, 6) is 3.04. The quantitative estimate of drug-likeness (QED) is 0.440. The highest BCUT2D eigenvalue weighted by Gasteiger charge is 2.38. The van der Waals surface area contributed by atoms with Gasteiger partial charge in [0.1, 0.15) is 29.4 Å². The lowest BCUT2D eigenvalue weighted by atomic mass is 9.75. The molecule has 33 heavy (non-hydrogen) atoms. The van der Waals surface area contributed by atoms with Crippen molar-refractivity contribution in [3.05, 3.63) is 53.4 Å². The summed E-state index contributed by atoms with van der Waals surface area (Å²) in [6, 6.07) is 8.43. The van der Waals surface area contributed by atoms with Crippen molar-refractivity contribution in [2.75, 3.05) is 25.1 Å². The molecule has 0 amide bonds. The molecule has 1 aliphatic heterocycles. The molecule has 2 N–H and O–H groups in total. The number of ether oxygens (including phenoxy) is 1. The van der Waals surface area contributed by atoms with Gasteiger partial charge in [-0.25, -0.2) is 15.0 Å². The normalized spacial score (nSPS) is 15.8. The van der Waals surface area contributed by atoms with Gasteiger partial charge in [-0.3, -0.25) is 0 Å². The zero-order valence-corrected chi connectivity index (χ0v) is 20.1. The summed E-state index contributed by atoms with van der Waals surface area (Å²) >= 11 is 0. The van der Waals surface area contributed by atoms with Gasteiger partial charge < -0.3 is 19.6 Å². The first kappa shape index (κ1) is 21.5. The molecule has 0 aliphatic carbocycles. The predicted octanol–water partition coefficient (Wildman–Crippen LogP) is 5.23. The van der Waals surface area contributed by atoms with Crippen LogP contribution in [0.1, 0.15) is 49.0 Å². The minimum Gasteiger partial charge on any atom is -0.496 e. The van der Waals surface area contributed by atoms with E-state index in [2.05, 4.69) is 70.7 Å². The van der Waals surface area contributed by atoms with Gasteiger partial charge in [-0.1, -0.05) is 6.92 Å². The van der Waals surface area contributed by atoms with Gasteiger partial charge in [0.2, 0.25) is 0 Å². The molecule has 7 heteroatoms. The average molecular weight is 445 g/mol. The molecule has 1 aliphatic rings. The maximum atomic E-state index is 5.43. The Morgan fingerprint density at radius 2 is 1.85 bits per heavy atom. The van der Waals surface area contributed by atoms with E-state index in [4.69, 9.17) is 9.72 Å². The van der Waals surface area contributed by atoms with Crippen LogP contribution in [-0.4, -0.2) is 45.1 Å². The minimum atomic E-state index is 0.0429. The number of nitrogens with one attached hydrogen (secondary N) is 2. The number of piperidine rings is 1. The van der Waals surface area contributed by atoms with Crippen molar-refractivity contribution >= 4 is 16.9 Å². The summed E-state index contributed by atoms with van der Waals surface area (Å²) in [5, 5.41) is 1.10. The standard InChI is InChI=1S/C26H32N6O/c1-6-26(25-30-18(4)22(31-25)19-7-8-21(33-5)16(2)13-19)9-11-32(12-10-26)24-20-14-17(3)29-23(20)27-15-28-24/h7-8,13-15H,6,9-12H2,1-5H3,(H,30,31)(H,27,28,29). The Bertz CT molecular complexity index is 1300. The Morgan fingerprint density at radius 1 is 1.06 bits per heavy atom. The number of nitrogens with zero attached hydrogens (tertiary/aromatic N) is 4. The molecule has 0 atom stereocenters. The topological polar surface area (TPSA) is 82.7 Å². The first-order chi connectivity index (χ1) is 15.9. The Hall–Kier alpha value is -3.35. The third-order valence-electron chi connectivity index (χ3n) is 7.29. The van der Waals surface area contributed by atoms with Gasteiger partial charge in [-0.15, -0.1) is 0 Å². The number of H-pyrrole nitrogens is 2. The fraction of sp³-hybridized carbons (Fsp3) is 0.423. The Morgan fingerprint density at radius 3 is 2.55 bits per heavy atom. The fourth-order valence-corrected chi connectivity index (χ4v) is 5.23. The highest BCUT2D eigenvalue weighted by Crippen LogP contribution is 2.40. The van der Waals surface area contributed by atoms with Crippen LogP contribution in [0.4, 0.5) is 5.82 Å². The van der Waals surface area contributed by atoms with Gasteiger partial charge in [-0.05, 0) is 69.9 Å². The van der Waals surface area contributed by atoms with Crippen molar-refractivity contribution in [1.82, 2.24) is 24.9 Å². The number of imidazole rings is 1. The van der Waals surface area contributed by atoms with E-state index >= 15 is 0 Å². The molecule has 1 fully saturated rings. The Balaban J connectivity index is 1.42. The third kappa shape index (κ3) is 3.65. The highest BCUT2D eigenvalue weighted by atomic mass is 16.5. The van der Waals surface area contributed by atoms with Gasteiger partial charge in [0.05, 0.1) is 18.2 Å². The van der Waals surface area contributed by atoms with Crippen LogP contribution in [0.15, 0.2) is 30.6 Å². The van der Waals surface area contributed by atoms with E-state index in [9.17, 15) is 0 Å². The lowest BCUT2D eigenvalue weighted by Gasteiger charge is -2.40. The second-order valence-corrected chi connectivity index (χ2v) is 9.28. The molecule has 4 aromatic rings. The maximum absolute atomic E-state index is 5.43. The van der Waals surface area contributed by atoms with Crippen LogP contribution in [0.25, 0.3) is 22.3 Å². The first-order valence-corrected chi connectivity index (χ1v) is 11.7. The molecule has 1 aromatic carbocycles. The summed E-state index contributed by atoms with van der Waals surface area (Å²) in [6.07, 6.45) is 4.78. The van der Waals surface area contributed by atoms with Gasteiger partial charge in [0.15, 0.2) is 0 Å². The number of benzene rings is 1. The number of aromatic amines is 2. The molecule has 7 nitrogen and oxygen atoms in total. The van der Waals surface area contributed by atoms with E-state index in [0.29, 0.717) is 0 Å². The van der Waals surface area contributed by atoms with E-state index < -0.39 is 0 Å². The van der Waals surface area contributed by atoms with Crippen molar-refractivity contribution in [2.24, 2.45) is 0 Å². The zero-order valence-electron chi connectivity index (χ0n) is 20.1. The van der Waals surface area contributed by atoms with Crippen LogP contribution in [0.2, 0.25) is 0 Å². The lowest BCUT2D eigenvalue weighted by Crippen LogP contribution is -2.43. The molecule has 0 spiro atoms. The second-order valence-electron chi connectivity index (χ2n) is 9.28. The van der Waals surface area contributed by atoms with Gasteiger partial charge >= 0.3 is 0 Å². The SMILES string of the molecule is CCC1(c2nc(-c3ccc(OC)c(C)c3)c(C)[nH]2)CCN(c2ncnc3[nH]c(C)cc23)CC1. The predicted molar refractivity (Wildman–Crippen MR) is 132 cm³/mol. The number of aromatic nitrogens is 5. The van der Waals surface area contributed by atoms with Crippen LogP contribution < -0.4 is 9.64 Å². The number of rotatable bonds is 5. The van der Waals surface area contributed by atoms with Crippen molar-refractivity contribution < 1.29 is 4.74 Å². The number of aryl methyl sites for hydroxylation is 3. The van der Waals surface area contributed by atoms with Crippen molar-refractivity contribution in [2.45, 2.75) is 52.4 Å². The van der Waals surface area contributed by atoms with E-state index in [1.54, 1.807) is 13.4 Å².